The Hall–Kier alpha value is -3.15. The van der Waals surface area contributed by atoms with E-state index in [2.05, 4.69) is 0 Å². The van der Waals surface area contributed by atoms with Crippen LogP contribution in [0.5, 0.6) is 0 Å². The van der Waals surface area contributed by atoms with Crippen molar-refractivity contribution in [1.82, 2.24) is 0 Å². The van der Waals surface area contributed by atoms with Crippen molar-refractivity contribution in [2.45, 2.75) is 205 Å². The monoisotopic (exact) mass is 1210 g/mol. The highest BCUT2D eigenvalue weighted by Crippen LogP contribution is 2.40. The van der Waals surface area contributed by atoms with Crippen LogP contribution in [-0.2, 0) is 76.6 Å². The van der Waals surface area contributed by atoms with Crippen molar-refractivity contribution in [1.29, 1.82) is 0 Å². The molecule has 0 saturated carbocycles. The minimum absolute atomic E-state index is 0.318. The van der Waals surface area contributed by atoms with E-state index in [9.17, 15) is 111 Å². The predicted octanol–water partition coefficient (Wildman–Crippen LogP) is -11.0. The Balaban J connectivity index is 1.31. The van der Waals surface area contributed by atoms with Crippen molar-refractivity contribution in [2.75, 3.05) is 39.6 Å². The summed E-state index contributed by atoms with van der Waals surface area (Å²) in [6, 6.07) is 0. The first kappa shape index (κ1) is 65.4. The van der Waals surface area contributed by atoms with E-state index in [0.717, 1.165) is 6.92 Å². The number of aliphatic hydroxyl groups is 20. The molecule has 0 aromatic heterocycles. The summed E-state index contributed by atoms with van der Waals surface area (Å²) in [7, 11) is -3.23. The molecule has 22 saturated heterocycles. The Labute approximate surface area is 458 Å². The van der Waals surface area contributed by atoms with Crippen LogP contribution < -0.4 is 0 Å². The van der Waals surface area contributed by atoms with Crippen molar-refractivity contribution >= 4 is 15.2 Å². The lowest BCUT2D eigenvalue weighted by molar-refractivity contribution is -0.405. The van der Waals surface area contributed by atoms with Gasteiger partial charge in [-0.05, 0) is 6.92 Å². The van der Waals surface area contributed by atoms with Crippen molar-refractivity contribution in [3.8, 4) is 0 Å². The lowest BCUT2D eigenvalue weighted by Gasteiger charge is -2.51. The number of aliphatic hydroxyl groups excluding tert-OH is 20. The van der Waals surface area contributed by atoms with Crippen LogP contribution in [0.3, 0.4) is 0 Å². The van der Waals surface area contributed by atoms with E-state index in [0.29, 0.717) is 0 Å². The molecule has 22 rings (SSSR count). The summed E-state index contributed by atoms with van der Waals surface area (Å²) in [5.41, 5.74) is 0. The first-order chi connectivity index (χ1) is 38.4. The Morgan fingerprint density at radius 2 is 0.593 bits per heavy atom. The predicted molar refractivity (Wildman–Crippen MR) is 248 cm³/mol. The molecule has 30 atom stereocenters. The second-order valence-electron chi connectivity index (χ2n) is 19.6. The van der Waals surface area contributed by atoms with E-state index in [4.69, 9.17) is 66.3 Å². The van der Waals surface area contributed by atoms with Crippen LogP contribution in [0.4, 0.5) is 0 Å². The molecular formula is C44H70O36S. The third-order valence-electron chi connectivity index (χ3n) is 14.5. The first-order valence-corrected chi connectivity index (χ1v) is 26.3. The molecule has 0 spiro atoms. The zero-order valence-electron chi connectivity index (χ0n) is 42.7. The van der Waals surface area contributed by atoms with Gasteiger partial charge in [0.15, 0.2) is 55.7 Å². The van der Waals surface area contributed by atoms with Crippen molar-refractivity contribution < 1.29 is 177 Å². The van der Waals surface area contributed by atoms with Crippen LogP contribution in [0, 0.1) is 0 Å². The zero-order chi connectivity index (χ0) is 59.6. The second kappa shape index (κ2) is 27.9. The molecule has 20 N–H and O–H groups in total. The fourth-order valence-electron chi connectivity index (χ4n) is 9.93. The lowest BCUT2D eigenvalue weighted by Crippen LogP contribution is -2.69. The third-order valence-corrected chi connectivity index (χ3v) is 15.2. The molecule has 0 radical (unpaired) electrons. The van der Waals surface area contributed by atoms with Crippen LogP contribution in [0.15, 0.2) is 23.4 Å². The van der Waals surface area contributed by atoms with Crippen molar-refractivity contribution in [2.24, 2.45) is 0 Å². The Morgan fingerprint density at radius 3 is 0.840 bits per heavy atom. The van der Waals surface area contributed by atoms with Gasteiger partial charge in [-0.3, -0.25) is 0 Å². The minimum Gasteiger partial charge on any atom is -0.506 e. The van der Waals surface area contributed by atoms with Gasteiger partial charge in [-0.15, -0.1) is 0 Å². The van der Waals surface area contributed by atoms with Gasteiger partial charge in [0.05, 0.1) is 39.6 Å². The van der Waals surface area contributed by atoms with Crippen LogP contribution in [0.25, 0.3) is 0 Å². The fraction of sp³-hybridized carbons (Fsp3) is 0.886. The standard InChI is InChI=1S/C44H70O36S/c1-3-11(51)37(63)73-35-27(61)43-71-16(8-49)33(35)80-44-28(62)36(74-38(64)18(52)10(2)81(65)66)34(17(9-50)72-44)79-42-26(60)22(56)31(14(6-47)70-42)77-40-24(58)20(54)29(12(4-45)68-40)75-39-23(57)19(53)30(13(5-46)67-39)76-41-25(59)21(55)32(78-43)15(7-48)69-41/h12-17,19-36,39-64H,3-9H2,1-2H3/b37-11-,38-18-/t12-,13-,14-,15-,16-,17-,19-,20-,21-,22-,23-,24-,25-,26-,27-,28-,29-,30-,31-,32-,33+,34+,35-,36-,39-,40-,41-,42-,43-,44-/m1/s1. The summed E-state index contributed by atoms with van der Waals surface area (Å²) in [6.45, 7) is -4.66. The summed E-state index contributed by atoms with van der Waals surface area (Å²) in [5.74, 6) is -5.27. The Bertz CT molecular complexity index is 2250. The highest BCUT2D eigenvalue weighted by atomic mass is 32.2. The maximum atomic E-state index is 12.0. The number of ether oxygens (including phenoxy) is 14. The summed E-state index contributed by atoms with van der Waals surface area (Å²) >= 11 is 0. The van der Waals surface area contributed by atoms with Gasteiger partial charge in [0, 0.05) is 6.42 Å². The average Bonchev–Trinajstić information content (AvgIpc) is 3.51. The van der Waals surface area contributed by atoms with Crippen molar-refractivity contribution in [3.05, 3.63) is 23.4 Å². The maximum Gasteiger partial charge on any atom is 0.322 e. The van der Waals surface area contributed by atoms with Gasteiger partial charge in [-0.25, -0.2) is 0 Å². The highest BCUT2D eigenvalue weighted by molar-refractivity contribution is 7.73. The summed E-state index contributed by atoms with van der Waals surface area (Å²) in [4.78, 5) is -0.943. The molecule has 36 nitrogen and oxygen atoms in total. The molecule has 81 heavy (non-hydrogen) atoms. The average molecular weight is 1210 g/mol. The molecule has 0 unspecified atom stereocenters. The lowest BCUT2D eigenvalue weighted by atomic mass is 9.94. The zero-order valence-corrected chi connectivity index (χ0v) is 43.5. The van der Waals surface area contributed by atoms with E-state index in [1.165, 1.54) is 6.92 Å². The maximum absolute atomic E-state index is 12.0. The number of rotatable bonds is 12. The van der Waals surface area contributed by atoms with Crippen LogP contribution in [0.2, 0.25) is 0 Å². The molecule has 22 aliphatic rings. The van der Waals surface area contributed by atoms with E-state index < -0.39 is 262 Å². The molecule has 0 aromatic rings. The van der Waals surface area contributed by atoms with Gasteiger partial charge in [-0.2, -0.15) is 8.42 Å². The quantitative estimate of drug-likeness (QED) is 0.0490. The highest BCUT2D eigenvalue weighted by Gasteiger charge is 2.60. The Kier molecular flexibility index (Phi) is 22.5. The molecule has 12 bridgehead atoms. The smallest absolute Gasteiger partial charge is 0.322 e. The molecule has 22 heterocycles. The van der Waals surface area contributed by atoms with Crippen LogP contribution in [0.1, 0.15) is 20.3 Å². The molecule has 22 aliphatic heterocycles. The Morgan fingerprint density at radius 1 is 0.358 bits per heavy atom. The SMILES string of the molecule is CC/C(O)=C(\O)O[C@@H]1[C@@H](O)[C@H]2O[C@H]3[C@H](O)[C@@H](O)[C@@H](O[C@H]4[C@H](O)[C@@H](O)[C@@H](O[C@H]5[C@H](O)[C@@H](O)[C@@H](O[C@H]6[C@H](O)[C@@H](O)[C@@H](O[C@@H]7[C@H](O/C(O)=C(\O)C(C)=S(=O)=O)[C@@H](O)[C@@H](O[C@H]1[C@@H](CO)O2)O[C@@H]7CO)O[C@@H]6CO)O[C@@H]5CO)O[C@@H]4CO)O[C@@H]3CO. The summed E-state index contributed by atoms with van der Waals surface area (Å²) in [5, 5.41) is 221. The van der Waals surface area contributed by atoms with E-state index in [1.54, 1.807) is 0 Å². The molecule has 22 fully saturated rings. The van der Waals surface area contributed by atoms with Crippen LogP contribution in [-0.4, -0.2) is 339 Å². The molecule has 468 valence electrons. The molecule has 37 heteroatoms. The van der Waals surface area contributed by atoms with Gasteiger partial charge in [0.2, 0.25) is 16.1 Å². The number of hydrogen-bond donors (Lipinski definition) is 20. The topological polar surface area (TPSA) is 568 Å². The second-order valence-corrected chi connectivity index (χ2v) is 20.7. The molecule has 0 amide bonds. The molecule has 0 aliphatic carbocycles. The van der Waals surface area contributed by atoms with Gasteiger partial charge in [-0.1, -0.05) is 6.92 Å². The van der Waals surface area contributed by atoms with E-state index in [1.807, 2.05) is 0 Å². The summed E-state index contributed by atoms with van der Waals surface area (Å²) < 4.78 is 104. The third kappa shape index (κ3) is 13.5. The van der Waals surface area contributed by atoms with Gasteiger partial charge in [0.1, 0.15) is 139 Å². The van der Waals surface area contributed by atoms with E-state index >= 15 is 0 Å². The number of allylic oxidation sites excluding steroid dienone is 2. The molecule has 0 aromatic carbocycles. The fourth-order valence-corrected chi connectivity index (χ4v) is 10.2. The molecular weight excluding hydrogens is 1140 g/mol. The first-order valence-electron chi connectivity index (χ1n) is 25.2. The van der Waals surface area contributed by atoms with E-state index in [-0.39, 0.29) is 6.42 Å². The largest absolute Gasteiger partial charge is 0.506 e. The van der Waals surface area contributed by atoms with Crippen molar-refractivity contribution in [3.63, 3.8) is 0 Å². The van der Waals surface area contributed by atoms with Crippen LogP contribution >= 0.6 is 0 Å². The summed E-state index contributed by atoms with van der Waals surface area (Å²) in [6.07, 6.45) is -64.0. The minimum atomic E-state index is -3.23. The number of hydrogen-bond acceptors (Lipinski definition) is 36. The van der Waals surface area contributed by atoms with Gasteiger partial charge >= 0.3 is 11.9 Å². The normalized spacial score (nSPS) is 47.8. The van der Waals surface area contributed by atoms with Gasteiger partial charge < -0.3 is 168 Å². The van der Waals surface area contributed by atoms with Gasteiger partial charge in [0.25, 0.3) is 0 Å².